The standard InChI is InChI=1S/C19H17IN4O2/c1-25-17-8-5-13(9-18(17)26-2)16-10-15(12-3-6-14(20)7-4-12)23-19-21-11-22-24(16)19/h3-11,16H,1-2H3,(H,21,22,23). The van der Waals surface area contributed by atoms with E-state index in [1.165, 1.54) is 3.57 Å². The van der Waals surface area contributed by atoms with E-state index in [-0.39, 0.29) is 6.04 Å². The normalized spacial score (nSPS) is 15.7. The average molecular weight is 460 g/mol. The monoisotopic (exact) mass is 460 g/mol. The van der Waals surface area contributed by atoms with Gasteiger partial charge in [0.05, 0.1) is 14.2 Å². The smallest absolute Gasteiger partial charge is 0.226 e. The van der Waals surface area contributed by atoms with Crippen molar-refractivity contribution in [2.75, 3.05) is 19.5 Å². The number of halogens is 1. The molecule has 0 saturated heterocycles. The van der Waals surface area contributed by atoms with Gasteiger partial charge in [0.25, 0.3) is 0 Å². The van der Waals surface area contributed by atoms with Crippen LogP contribution >= 0.6 is 22.6 Å². The predicted octanol–water partition coefficient (Wildman–Crippen LogP) is 3.96. The number of fused-ring (bicyclic) bond motifs is 1. The number of hydrogen-bond donors (Lipinski definition) is 1. The summed E-state index contributed by atoms with van der Waals surface area (Å²) in [6.45, 7) is 0. The average Bonchev–Trinajstić information content (AvgIpc) is 3.16. The second-order valence-corrected chi connectivity index (χ2v) is 7.05. The Bertz CT molecular complexity index is 966. The van der Waals surface area contributed by atoms with Gasteiger partial charge in [0, 0.05) is 9.27 Å². The summed E-state index contributed by atoms with van der Waals surface area (Å²) in [4.78, 5) is 4.34. The molecule has 0 spiro atoms. The van der Waals surface area contributed by atoms with E-state index in [1.54, 1.807) is 20.5 Å². The van der Waals surface area contributed by atoms with Gasteiger partial charge in [-0.25, -0.2) is 4.68 Å². The van der Waals surface area contributed by atoms with E-state index in [0.717, 1.165) is 16.8 Å². The van der Waals surface area contributed by atoms with E-state index in [2.05, 4.69) is 68.3 Å². The number of rotatable bonds is 4. The number of hydrogen-bond acceptors (Lipinski definition) is 5. The maximum atomic E-state index is 5.45. The van der Waals surface area contributed by atoms with Gasteiger partial charge in [0.15, 0.2) is 11.5 Å². The zero-order valence-electron chi connectivity index (χ0n) is 14.3. The largest absolute Gasteiger partial charge is 0.493 e. The molecule has 26 heavy (non-hydrogen) atoms. The Labute approximate surface area is 165 Å². The molecule has 7 heteroatoms. The molecular weight excluding hydrogens is 443 g/mol. The maximum absolute atomic E-state index is 5.45. The third kappa shape index (κ3) is 3.03. The Balaban J connectivity index is 1.80. The summed E-state index contributed by atoms with van der Waals surface area (Å²) in [5.74, 6) is 2.10. The van der Waals surface area contributed by atoms with Crippen LogP contribution in [-0.2, 0) is 0 Å². The Morgan fingerprint density at radius 3 is 2.54 bits per heavy atom. The highest BCUT2D eigenvalue weighted by atomic mass is 127. The van der Waals surface area contributed by atoms with Crippen LogP contribution in [-0.4, -0.2) is 29.0 Å². The summed E-state index contributed by atoms with van der Waals surface area (Å²) in [7, 11) is 3.27. The fraction of sp³-hybridized carbons (Fsp3) is 0.158. The number of allylic oxidation sites excluding steroid dienone is 1. The van der Waals surface area contributed by atoms with Gasteiger partial charge in [-0.2, -0.15) is 10.1 Å². The van der Waals surface area contributed by atoms with E-state index < -0.39 is 0 Å². The molecule has 4 rings (SSSR count). The minimum atomic E-state index is -0.0946. The van der Waals surface area contributed by atoms with Crippen molar-refractivity contribution in [1.82, 2.24) is 14.8 Å². The van der Waals surface area contributed by atoms with Crippen LogP contribution in [0.3, 0.4) is 0 Å². The summed E-state index contributed by atoms with van der Waals surface area (Å²) in [5, 5.41) is 7.74. The van der Waals surface area contributed by atoms with E-state index in [0.29, 0.717) is 17.4 Å². The van der Waals surface area contributed by atoms with E-state index in [1.807, 2.05) is 22.9 Å². The molecule has 1 unspecified atom stereocenters. The van der Waals surface area contributed by atoms with Crippen LogP contribution in [0.15, 0.2) is 54.9 Å². The van der Waals surface area contributed by atoms with E-state index in [4.69, 9.17) is 9.47 Å². The van der Waals surface area contributed by atoms with Gasteiger partial charge < -0.3 is 14.8 Å². The molecule has 0 bridgehead atoms. The number of benzene rings is 2. The van der Waals surface area contributed by atoms with Crippen molar-refractivity contribution in [3.63, 3.8) is 0 Å². The highest BCUT2D eigenvalue weighted by Crippen LogP contribution is 2.36. The Hall–Kier alpha value is -2.55. The molecular formula is C19H17IN4O2. The van der Waals surface area contributed by atoms with E-state index in [9.17, 15) is 0 Å². The van der Waals surface area contributed by atoms with Gasteiger partial charge in [0.2, 0.25) is 5.95 Å². The van der Waals surface area contributed by atoms with Crippen LogP contribution in [0.2, 0.25) is 0 Å². The summed E-state index contributed by atoms with van der Waals surface area (Å²) < 4.78 is 13.9. The highest BCUT2D eigenvalue weighted by molar-refractivity contribution is 14.1. The van der Waals surface area contributed by atoms with Crippen molar-refractivity contribution in [2.24, 2.45) is 0 Å². The lowest BCUT2D eigenvalue weighted by molar-refractivity contribution is 0.354. The Morgan fingerprint density at radius 1 is 1.04 bits per heavy atom. The van der Waals surface area contributed by atoms with Crippen molar-refractivity contribution in [1.29, 1.82) is 0 Å². The van der Waals surface area contributed by atoms with Gasteiger partial charge in [-0.15, -0.1) is 0 Å². The van der Waals surface area contributed by atoms with Crippen molar-refractivity contribution in [3.8, 4) is 11.5 Å². The van der Waals surface area contributed by atoms with Crippen molar-refractivity contribution < 1.29 is 9.47 Å². The zero-order chi connectivity index (χ0) is 18.1. The van der Waals surface area contributed by atoms with Gasteiger partial charge in [-0.1, -0.05) is 18.2 Å². The lowest BCUT2D eigenvalue weighted by atomic mass is 10.0. The van der Waals surface area contributed by atoms with Crippen molar-refractivity contribution >= 4 is 34.2 Å². The first kappa shape index (κ1) is 16.9. The predicted molar refractivity (Wildman–Crippen MR) is 108 cm³/mol. The number of methoxy groups -OCH3 is 2. The molecule has 0 amide bonds. The molecule has 0 fully saturated rings. The van der Waals surface area contributed by atoms with Crippen LogP contribution in [0.25, 0.3) is 5.70 Å². The van der Waals surface area contributed by atoms with Crippen LogP contribution in [0.1, 0.15) is 17.2 Å². The molecule has 2 aromatic carbocycles. The molecule has 132 valence electrons. The Morgan fingerprint density at radius 2 is 1.81 bits per heavy atom. The number of nitrogens with one attached hydrogen (secondary N) is 1. The first-order valence-corrected chi connectivity index (χ1v) is 9.13. The SMILES string of the molecule is COc1ccc(C2C=C(c3ccc(I)cc3)Nc3ncnn32)cc1OC. The molecule has 2 heterocycles. The molecule has 0 aliphatic carbocycles. The number of ether oxygens (including phenoxy) is 2. The number of nitrogens with zero attached hydrogens (tertiary/aromatic N) is 3. The van der Waals surface area contributed by atoms with Gasteiger partial charge >= 0.3 is 0 Å². The quantitative estimate of drug-likeness (QED) is 0.598. The summed E-state index contributed by atoms with van der Waals surface area (Å²) >= 11 is 2.30. The summed E-state index contributed by atoms with van der Waals surface area (Å²) in [6.07, 6.45) is 3.70. The molecule has 1 N–H and O–H groups in total. The maximum Gasteiger partial charge on any atom is 0.226 e. The zero-order valence-corrected chi connectivity index (χ0v) is 16.5. The van der Waals surface area contributed by atoms with Crippen LogP contribution in [0.4, 0.5) is 5.95 Å². The van der Waals surface area contributed by atoms with Gasteiger partial charge in [0.1, 0.15) is 12.4 Å². The molecule has 1 aromatic heterocycles. The van der Waals surface area contributed by atoms with Crippen LogP contribution < -0.4 is 14.8 Å². The molecule has 0 radical (unpaired) electrons. The third-order valence-corrected chi connectivity index (χ3v) is 5.03. The minimum absolute atomic E-state index is 0.0946. The summed E-state index contributed by atoms with van der Waals surface area (Å²) in [6, 6.07) is 14.2. The first-order chi connectivity index (χ1) is 12.7. The highest BCUT2D eigenvalue weighted by Gasteiger charge is 2.24. The lowest BCUT2D eigenvalue weighted by Gasteiger charge is -2.25. The molecule has 0 saturated carbocycles. The molecule has 1 aliphatic heterocycles. The Kier molecular flexibility index (Phi) is 4.54. The number of aromatic nitrogens is 3. The third-order valence-electron chi connectivity index (χ3n) is 4.31. The van der Waals surface area contributed by atoms with Crippen molar-refractivity contribution in [3.05, 3.63) is 69.6 Å². The minimum Gasteiger partial charge on any atom is -0.493 e. The van der Waals surface area contributed by atoms with Crippen molar-refractivity contribution in [2.45, 2.75) is 6.04 Å². The molecule has 1 atom stereocenters. The second-order valence-electron chi connectivity index (χ2n) is 5.80. The van der Waals surface area contributed by atoms with Crippen LogP contribution in [0.5, 0.6) is 11.5 Å². The topological polar surface area (TPSA) is 61.2 Å². The lowest BCUT2D eigenvalue weighted by Crippen LogP contribution is -2.20. The first-order valence-electron chi connectivity index (χ1n) is 8.06. The fourth-order valence-corrected chi connectivity index (χ4v) is 3.37. The van der Waals surface area contributed by atoms with E-state index >= 15 is 0 Å². The molecule has 1 aliphatic rings. The van der Waals surface area contributed by atoms with Gasteiger partial charge in [-0.05, 0) is 64.1 Å². The second kappa shape index (κ2) is 6.99. The molecule has 6 nitrogen and oxygen atoms in total. The summed E-state index contributed by atoms with van der Waals surface area (Å²) in [5.41, 5.74) is 3.14. The fourth-order valence-electron chi connectivity index (χ4n) is 3.01. The van der Waals surface area contributed by atoms with Crippen LogP contribution in [0, 0.1) is 3.57 Å². The molecule has 3 aromatic rings. The van der Waals surface area contributed by atoms with Gasteiger partial charge in [-0.3, -0.25) is 0 Å². The number of anilines is 1.